The number of thiocarbonyl (C=S) groups is 1. The first-order chi connectivity index (χ1) is 6.99. The summed E-state index contributed by atoms with van der Waals surface area (Å²) in [4.78, 5) is 0. The molecule has 0 bridgehead atoms. The van der Waals surface area contributed by atoms with Crippen molar-refractivity contribution in [2.45, 2.75) is 31.5 Å². The van der Waals surface area contributed by atoms with E-state index in [9.17, 15) is 13.2 Å². The van der Waals surface area contributed by atoms with Gasteiger partial charge in [-0.1, -0.05) is 18.3 Å². The van der Waals surface area contributed by atoms with Gasteiger partial charge in [0.1, 0.15) is 6.04 Å². The first-order valence-corrected chi connectivity index (χ1v) is 5.04. The monoisotopic (exact) mass is 236 g/mol. The fraction of sp³-hybridized carbons (Fsp3) is 0.667. The molecule has 0 aliphatic heterocycles. The molecule has 6 heteroatoms. The fourth-order valence-electron chi connectivity index (χ4n) is 1.67. The summed E-state index contributed by atoms with van der Waals surface area (Å²) >= 11 is 4.67. The number of rotatable bonds is 3. The predicted molar refractivity (Wildman–Crippen MR) is 54.1 cm³/mol. The van der Waals surface area contributed by atoms with E-state index in [4.69, 9.17) is 5.53 Å². The van der Waals surface area contributed by atoms with Crippen LogP contribution in [0.4, 0.5) is 13.2 Å². The first kappa shape index (κ1) is 12.3. The maximum absolute atomic E-state index is 12.3. The van der Waals surface area contributed by atoms with Gasteiger partial charge in [-0.05, 0) is 25.2 Å². The number of hydrogen-bond acceptors (Lipinski definition) is 3. The van der Waals surface area contributed by atoms with E-state index in [0.717, 1.165) is 0 Å². The van der Waals surface area contributed by atoms with Crippen LogP contribution >= 0.6 is 12.2 Å². The number of halogens is 3. The van der Waals surface area contributed by atoms with Crippen LogP contribution in [0.2, 0.25) is 0 Å². The highest BCUT2D eigenvalue weighted by Crippen LogP contribution is 2.36. The molecule has 15 heavy (non-hydrogen) atoms. The normalized spacial score (nSPS) is 24.2. The van der Waals surface area contributed by atoms with Crippen LogP contribution in [0.1, 0.15) is 19.3 Å². The molecule has 0 amide bonds. The van der Waals surface area contributed by atoms with Gasteiger partial charge < -0.3 is 0 Å². The summed E-state index contributed by atoms with van der Waals surface area (Å²) in [6.07, 6.45) is -2.31. The third-order valence-corrected chi connectivity index (χ3v) is 2.87. The topological polar surface area (TPSA) is 36.2 Å². The van der Waals surface area contributed by atoms with Crippen LogP contribution in [0, 0.1) is 11.4 Å². The molecule has 0 aromatic rings. The third-order valence-electron chi connectivity index (χ3n) is 2.59. The molecule has 0 spiro atoms. The lowest BCUT2D eigenvalue weighted by atomic mass is 9.85. The van der Waals surface area contributed by atoms with Crippen molar-refractivity contribution in [2.24, 2.45) is 11.0 Å². The minimum absolute atomic E-state index is 0.00333. The molecule has 1 aliphatic carbocycles. The van der Waals surface area contributed by atoms with E-state index in [1.54, 1.807) is 0 Å². The Morgan fingerprint density at radius 1 is 1.60 bits per heavy atom. The van der Waals surface area contributed by atoms with Gasteiger partial charge in [0.25, 0.3) is 0 Å². The van der Waals surface area contributed by atoms with Crippen LogP contribution in [-0.4, -0.2) is 17.6 Å². The Kier molecular flexibility index (Phi) is 3.96. The van der Waals surface area contributed by atoms with Crippen molar-refractivity contribution in [3.8, 4) is 0 Å². The average Bonchev–Trinajstić information content (AvgIpc) is 2.19. The lowest BCUT2D eigenvalue weighted by Crippen LogP contribution is -2.24. The summed E-state index contributed by atoms with van der Waals surface area (Å²) in [5.41, 5.74) is 6.39. The lowest BCUT2D eigenvalue weighted by molar-refractivity contribution is -0.0956. The van der Waals surface area contributed by atoms with Gasteiger partial charge in [-0.15, -0.1) is 0 Å². The summed E-state index contributed by atoms with van der Waals surface area (Å²) in [6.45, 7) is 0. The third kappa shape index (κ3) is 3.09. The Labute approximate surface area is 91.1 Å². The highest BCUT2D eigenvalue weighted by molar-refractivity contribution is 7.79. The van der Waals surface area contributed by atoms with Gasteiger partial charge >= 0.3 is 6.18 Å². The Morgan fingerprint density at radius 2 is 2.27 bits per heavy atom. The van der Waals surface area contributed by atoms with E-state index < -0.39 is 17.8 Å². The number of nitrogens with zero attached hydrogens (tertiary/aromatic N) is 1. The van der Waals surface area contributed by atoms with Gasteiger partial charge in [-0.3, -0.25) is 0 Å². The second-order valence-corrected chi connectivity index (χ2v) is 3.79. The molecule has 2 atom stereocenters. The van der Waals surface area contributed by atoms with Gasteiger partial charge in [-0.2, -0.15) is 18.3 Å². The zero-order valence-corrected chi connectivity index (χ0v) is 8.74. The largest absolute Gasteiger partial charge is 0.412 e. The number of allylic oxidation sites excluding steroid dienone is 2. The Bertz CT molecular complexity index is 278. The van der Waals surface area contributed by atoms with Crippen LogP contribution in [0.3, 0.4) is 0 Å². The molecule has 0 saturated carbocycles. The van der Waals surface area contributed by atoms with Crippen LogP contribution in [0.25, 0.3) is 0 Å². The molecule has 0 fully saturated rings. The quantitative estimate of drug-likeness (QED) is 0.453. The maximum Gasteiger partial charge on any atom is 0.412 e. The van der Waals surface area contributed by atoms with Crippen LogP contribution in [0.15, 0.2) is 16.8 Å². The Hall–Kier alpha value is -0.780. The Balaban J connectivity index is 2.65. The van der Waals surface area contributed by atoms with Crippen LogP contribution < -0.4 is 0 Å². The van der Waals surface area contributed by atoms with E-state index >= 15 is 0 Å². The van der Waals surface area contributed by atoms with Gasteiger partial charge in [0, 0.05) is 10.9 Å². The zero-order chi connectivity index (χ0) is 11.5. The zero-order valence-electron chi connectivity index (χ0n) is 7.92. The molecule has 0 aromatic carbocycles. The number of alkyl halides is 3. The molecular formula is C9H11F3N2S. The molecule has 1 N–H and O–H groups in total. The van der Waals surface area contributed by atoms with E-state index in [0.29, 0.717) is 12.8 Å². The molecule has 0 heterocycles. The maximum atomic E-state index is 12.3. The minimum Gasteiger partial charge on any atom is -0.209 e. The van der Waals surface area contributed by atoms with Crippen molar-refractivity contribution in [1.82, 2.24) is 0 Å². The second kappa shape index (κ2) is 4.83. The lowest BCUT2D eigenvalue weighted by Gasteiger charge is -2.24. The molecule has 0 radical (unpaired) electrons. The molecular weight excluding hydrogens is 225 g/mol. The van der Waals surface area contributed by atoms with E-state index in [-0.39, 0.29) is 12.3 Å². The highest BCUT2D eigenvalue weighted by atomic mass is 32.1. The van der Waals surface area contributed by atoms with Crippen molar-refractivity contribution in [2.75, 3.05) is 0 Å². The molecule has 0 saturated heterocycles. The van der Waals surface area contributed by atoms with Crippen molar-refractivity contribution in [1.29, 1.82) is 5.53 Å². The second-order valence-electron chi connectivity index (χ2n) is 3.52. The average molecular weight is 236 g/mol. The van der Waals surface area contributed by atoms with Crippen molar-refractivity contribution in [3.63, 3.8) is 0 Å². The molecule has 2 unspecified atom stereocenters. The molecule has 0 aromatic heterocycles. The van der Waals surface area contributed by atoms with Crippen molar-refractivity contribution < 1.29 is 13.2 Å². The van der Waals surface area contributed by atoms with E-state index in [2.05, 4.69) is 17.3 Å². The smallest absolute Gasteiger partial charge is 0.209 e. The van der Waals surface area contributed by atoms with Crippen LogP contribution in [-0.2, 0) is 0 Å². The Morgan fingerprint density at radius 3 is 2.60 bits per heavy atom. The standard InChI is InChI=1S/C9H11F3N2S/c10-9(11,12)7-3-1-6(2-4-7)8(5-15)14-13/h3,5-6,8,13H,1-2,4H2. The fourth-order valence-corrected chi connectivity index (χ4v) is 1.95. The highest BCUT2D eigenvalue weighted by Gasteiger charge is 2.36. The van der Waals surface area contributed by atoms with Crippen molar-refractivity contribution >= 4 is 17.6 Å². The number of hydrogen-bond donors (Lipinski definition) is 1. The van der Waals surface area contributed by atoms with Crippen LogP contribution in [0.5, 0.6) is 0 Å². The van der Waals surface area contributed by atoms with E-state index in [1.807, 2.05) is 0 Å². The van der Waals surface area contributed by atoms with Gasteiger partial charge in [0.15, 0.2) is 0 Å². The molecule has 1 rings (SSSR count). The summed E-state index contributed by atoms with van der Waals surface area (Å²) in [7, 11) is 0. The van der Waals surface area contributed by atoms with Crippen molar-refractivity contribution in [3.05, 3.63) is 11.6 Å². The summed E-state index contributed by atoms with van der Waals surface area (Å²) in [6, 6.07) is -0.425. The van der Waals surface area contributed by atoms with Gasteiger partial charge in [0.05, 0.1) is 0 Å². The molecule has 84 valence electrons. The number of nitrogens with one attached hydrogen (secondary N) is 1. The minimum atomic E-state index is -4.21. The summed E-state index contributed by atoms with van der Waals surface area (Å²) in [5, 5.41) is 4.65. The SMILES string of the molecule is N=NC(C=S)C1CC=C(C(F)(F)F)CC1. The van der Waals surface area contributed by atoms with Gasteiger partial charge in [0.2, 0.25) is 0 Å². The van der Waals surface area contributed by atoms with Gasteiger partial charge in [-0.25, -0.2) is 5.53 Å². The predicted octanol–water partition coefficient (Wildman–Crippen LogP) is 3.67. The summed E-state index contributed by atoms with van der Waals surface area (Å²) < 4.78 is 36.8. The first-order valence-electron chi connectivity index (χ1n) is 4.57. The van der Waals surface area contributed by atoms with E-state index in [1.165, 1.54) is 11.4 Å². The molecule has 1 aliphatic rings. The molecule has 2 nitrogen and oxygen atoms in total. The summed E-state index contributed by atoms with van der Waals surface area (Å²) in [5.74, 6) is -0.0499.